The highest BCUT2D eigenvalue weighted by atomic mass is 35.5. The first-order chi connectivity index (χ1) is 16.0. The van der Waals surface area contributed by atoms with E-state index in [1.165, 1.54) is 28.8 Å². The Morgan fingerprint density at radius 1 is 1.12 bits per heavy atom. The lowest BCUT2D eigenvalue weighted by molar-refractivity contribution is -0.118. The molecule has 33 heavy (non-hydrogen) atoms. The lowest BCUT2D eigenvalue weighted by Crippen LogP contribution is -2.20. The van der Waals surface area contributed by atoms with Crippen LogP contribution in [0.25, 0.3) is 5.69 Å². The van der Waals surface area contributed by atoms with Crippen LogP contribution in [-0.4, -0.2) is 54.5 Å². The molecule has 2 aromatic heterocycles. The number of carbonyl (C=O) groups excluding carboxylic acids is 2. The third-order valence-electron chi connectivity index (χ3n) is 4.03. The summed E-state index contributed by atoms with van der Waals surface area (Å²) in [4.78, 5) is 24.5. The van der Waals surface area contributed by atoms with E-state index in [0.717, 1.165) is 17.0 Å². The van der Waals surface area contributed by atoms with Gasteiger partial charge in [-0.3, -0.25) is 14.9 Å². The van der Waals surface area contributed by atoms with E-state index in [2.05, 4.69) is 31.0 Å². The van der Waals surface area contributed by atoms with Crippen molar-refractivity contribution in [3.8, 4) is 11.4 Å². The molecule has 0 saturated carbocycles. The normalized spacial score (nSPS) is 10.7. The van der Waals surface area contributed by atoms with E-state index in [9.17, 15) is 9.59 Å². The fourth-order valence-electron chi connectivity index (χ4n) is 2.52. The quantitative estimate of drug-likeness (QED) is 0.198. The van der Waals surface area contributed by atoms with Crippen molar-refractivity contribution in [2.75, 3.05) is 17.7 Å². The summed E-state index contributed by atoms with van der Waals surface area (Å²) in [5.41, 5.74) is 1.14. The first-order valence-corrected chi connectivity index (χ1v) is 11.7. The first kappa shape index (κ1) is 23.1. The molecular formula is C19H13Cl2N7O3S2. The maximum Gasteiger partial charge on any atom is 0.264 e. The minimum atomic E-state index is -0.392. The minimum Gasteiger partial charge on any atom is -0.484 e. The molecule has 0 aliphatic carbocycles. The van der Waals surface area contributed by atoms with Gasteiger partial charge in [-0.15, -0.1) is 15.3 Å². The molecule has 10 nitrogen and oxygen atoms in total. The number of thioether (sulfide) groups is 1. The molecule has 2 aromatic carbocycles. The summed E-state index contributed by atoms with van der Waals surface area (Å²) in [6, 6.07) is 11.6. The zero-order valence-electron chi connectivity index (χ0n) is 16.5. The Bertz CT molecular complexity index is 1270. The standard InChI is InChI=1S/C19H13Cl2N7O3S2/c20-11-1-6-14(15(21)7-11)16(29)9-32-19-25-24-18(33-19)23-17(30)8-31-13-4-2-12(3-5-13)28-10-22-26-27-28/h1-7,10H,8-9H2,(H,23,24,30). The number of Topliss-reactive ketones (excluding diaryl/α,β-unsaturated/α-hetero) is 1. The van der Waals surface area contributed by atoms with Crippen LogP contribution in [0.3, 0.4) is 0 Å². The highest BCUT2D eigenvalue weighted by Crippen LogP contribution is 2.28. The number of benzene rings is 2. The monoisotopic (exact) mass is 521 g/mol. The number of nitrogens with one attached hydrogen (secondary N) is 1. The minimum absolute atomic E-state index is 0.119. The van der Waals surface area contributed by atoms with E-state index in [4.69, 9.17) is 27.9 Å². The molecule has 0 aliphatic heterocycles. The number of ether oxygens (including phenoxy) is 1. The molecule has 0 unspecified atom stereocenters. The number of rotatable bonds is 9. The Balaban J connectivity index is 1.24. The SMILES string of the molecule is O=C(COc1ccc(-n2cnnn2)cc1)Nc1nnc(SCC(=O)c2ccc(Cl)cc2Cl)s1. The number of halogens is 2. The highest BCUT2D eigenvalue weighted by Gasteiger charge is 2.14. The number of ketones is 1. The van der Waals surface area contributed by atoms with Crippen LogP contribution in [-0.2, 0) is 4.79 Å². The first-order valence-electron chi connectivity index (χ1n) is 9.18. The smallest absolute Gasteiger partial charge is 0.264 e. The second-order valence-electron chi connectivity index (χ2n) is 6.29. The van der Waals surface area contributed by atoms with Crippen molar-refractivity contribution in [3.63, 3.8) is 0 Å². The van der Waals surface area contributed by atoms with Crippen LogP contribution in [0.1, 0.15) is 10.4 Å². The van der Waals surface area contributed by atoms with Crippen LogP contribution in [0.2, 0.25) is 10.0 Å². The van der Waals surface area contributed by atoms with Gasteiger partial charge in [0.25, 0.3) is 5.91 Å². The summed E-state index contributed by atoms with van der Waals surface area (Å²) in [7, 11) is 0. The van der Waals surface area contributed by atoms with Gasteiger partial charge in [0.2, 0.25) is 5.13 Å². The third-order valence-corrected chi connectivity index (χ3v) is 6.55. The van der Waals surface area contributed by atoms with E-state index in [1.807, 2.05) is 0 Å². The molecule has 2 heterocycles. The third kappa shape index (κ3) is 6.26. The number of hydrogen-bond acceptors (Lipinski definition) is 10. The summed E-state index contributed by atoms with van der Waals surface area (Å²) in [6.45, 7) is -0.208. The van der Waals surface area contributed by atoms with Gasteiger partial charge in [-0.2, -0.15) is 0 Å². The van der Waals surface area contributed by atoms with Gasteiger partial charge in [0.1, 0.15) is 12.1 Å². The summed E-state index contributed by atoms with van der Waals surface area (Å²) in [5, 5.41) is 22.5. The molecule has 0 radical (unpaired) electrons. The fraction of sp³-hybridized carbons (Fsp3) is 0.105. The number of amides is 1. The van der Waals surface area contributed by atoms with Gasteiger partial charge in [0.15, 0.2) is 16.7 Å². The largest absolute Gasteiger partial charge is 0.484 e. The van der Waals surface area contributed by atoms with Crippen molar-refractivity contribution < 1.29 is 14.3 Å². The number of carbonyl (C=O) groups is 2. The maximum absolute atomic E-state index is 12.4. The molecule has 14 heteroatoms. The van der Waals surface area contributed by atoms with Crippen molar-refractivity contribution in [2.45, 2.75) is 4.34 Å². The van der Waals surface area contributed by atoms with Crippen LogP contribution in [0.15, 0.2) is 53.1 Å². The topological polar surface area (TPSA) is 125 Å². The second-order valence-corrected chi connectivity index (χ2v) is 9.34. The molecule has 0 bridgehead atoms. The summed E-state index contributed by atoms with van der Waals surface area (Å²) >= 11 is 14.3. The Labute approximate surface area is 205 Å². The number of tetrazole rings is 1. The number of nitrogens with zero attached hydrogens (tertiary/aromatic N) is 6. The van der Waals surface area contributed by atoms with Crippen molar-refractivity contribution in [3.05, 3.63) is 64.4 Å². The van der Waals surface area contributed by atoms with Gasteiger partial charge >= 0.3 is 0 Å². The Morgan fingerprint density at radius 3 is 2.67 bits per heavy atom. The zero-order valence-corrected chi connectivity index (χ0v) is 19.7. The van der Waals surface area contributed by atoms with Crippen molar-refractivity contribution in [1.29, 1.82) is 0 Å². The Morgan fingerprint density at radius 2 is 1.94 bits per heavy atom. The molecule has 0 fully saturated rings. The van der Waals surface area contributed by atoms with Gasteiger partial charge < -0.3 is 4.74 Å². The Kier molecular flexibility index (Phi) is 7.50. The van der Waals surface area contributed by atoms with Crippen LogP contribution in [0, 0.1) is 0 Å². The fourth-order valence-corrected chi connectivity index (χ4v) is 4.68. The molecule has 4 aromatic rings. The van der Waals surface area contributed by atoms with Crippen LogP contribution >= 0.6 is 46.3 Å². The summed E-state index contributed by atoms with van der Waals surface area (Å²) in [5.74, 6) is 0.0707. The summed E-state index contributed by atoms with van der Waals surface area (Å²) < 4.78 is 7.51. The highest BCUT2D eigenvalue weighted by molar-refractivity contribution is 8.01. The second kappa shape index (κ2) is 10.7. The molecular weight excluding hydrogens is 509 g/mol. The molecule has 1 amide bonds. The average Bonchev–Trinajstić information content (AvgIpc) is 3.49. The number of hydrogen-bond donors (Lipinski definition) is 1. The molecule has 0 spiro atoms. The lowest BCUT2D eigenvalue weighted by atomic mass is 10.1. The molecule has 1 N–H and O–H groups in total. The van der Waals surface area contributed by atoms with Gasteiger partial charge in [-0.1, -0.05) is 46.3 Å². The molecule has 0 atom stereocenters. The van der Waals surface area contributed by atoms with Gasteiger partial charge in [-0.05, 0) is 52.9 Å². The maximum atomic E-state index is 12.4. The predicted molar refractivity (Wildman–Crippen MR) is 125 cm³/mol. The predicted octanol–water partition coefficient (Wildman–Crippen LogP) is 3.81. The van der Waals surface area contributed by atoms with Crippen molar-refractivity contribution in [1.82, 2.24) is 30.4 Å². The molecule has 4 rings (SSSR count). The molecule has 0 aliphatic rings. The lowest BCUT2D eigenvalue weighted by Gasteiger charge is -2.06. The van der Waals surface area contributed by atoms with Gasteiger partial charge in [0, 0.05) is 10.6 Å². The van der Waals surface area contributed by atoms with E-state index in [0.29, 0.717) is 30.8 Å². The summed E-state index contributed by atoms with van der Waals surface area (Å²) in [6.07, 6.45) is 1.47. The Hall–Kier alpha value is -3.06. The number of aromatic nitrogens is 6. The zero-order chi connectivity index (χ0) is 23.2. The van der Waals surface area contributed by atoms with E-state index in [1.54, 1.807) is 36.4 Å². The van der Waals surface area contributed by atoms with E-state index in [-0.39, 0.29) is 18.1 Å². The average molecular weight is 522 g/mol. The van der Waals surface area contributed by atoms with E-state index < -0.39 is 5.91 Å². The molecule has 168 valence electrons. The molecule has 0 saturated heterocycles. The van der Waals surface area contributed by atoms with E-state index >= 15 is 0 Å². The van der Waals surface area contributed by atoms with Gasteiger partial charge in [0.05, 0.1) is 16.5 Å². The van der Waals surface area contributed by atoms with Crippen molar-refractivity contribution in [2.24, 2.45) is 0 Å². The van der Waals surface area contributed by atoms with Crippen LogP contribution in [0.4, 0.5) is 5.13 Å². The van der Waals surface area contributed by atoms with Crippen LogP contribution in [0.5, 0.6) is 5.75 Å². The van der Waals surface area contributed by atoms with Crippen LogP contribution < -0.4 is 10.1 Å². The van der Waals surface area contributed by atoms with Gasteiger partial charge in [-0.25, -0.2) is 4.68 Å². The van der Waals surface area contributed by atoms with Crippen molar-refractivity contribution >= 4 is 63.1 Å². The number of anilines is 1.